The smallest absolute Gasteiger partial charge is 0.238 e. The van der Waals surface area contributed by atoms with E-state index < -0.39 is 0 Å². The minimum Gasteiger partial charge on any atom is -0.379 e. The zero-order chi connectivity index (χ0) is 10.4. The van der Waals surface area contributed by atoms with E-state index in [0.29, 0.717) is 6.54 Å². The van der Waals surface area contributed by atoms with E-state index in [9.17, 15) is 4.79 Å². The number of amides is 1. The van der Waals surface area contributed by atoms with Gasteiger partial charge in [0.2, 0.25) is 5.91 Å². The molecule has 82 valence electrons. The number of hydrazine groups is 1. The molecule has 1 heterocycles. The normalized spacial score (nSPS) is 20.4. The molecule has 1 rings (SSSR count). The molecule has 1 atom stereocenters. The maximum absolute atomic E-state index is 11.4. The summed E-state index contributed by atoms with van der Waals surface area (Å²) in [6.07, 6.45) is 0. The molecule has 0 aromatic heterocycles. The van der Waals surface area contributed by atoms with Crippen LogP contribution in [0.1, 0.15) is 13.8 Å². The van der Waals surface area contributed by atoms with Crippen molar-refractivity contribution in [2.45, 2.75) is 19.9 Å². The summed E-state index contributed by atoms with van der Waals surface area (Å²) < 4.78 is 5.21. The van der Waals surface area contributed by atoms with Crippen LogP contribution < -0.4 is 10.7 Å². The average molecular weight is 201 g/mol. The van der Waals surface area contributed by atoms with Gasteiger partial charge in [-0.05, 0) is 13.8 Å². The number of likely N-dealkylation sites (N-methyl/N-ethyl adjacent to an activating group) is 1. The Balaban J connectivity index is 2.24. The van der Waals surface area contributed by atoms with Gasteiger partial charge in [-0.25, -0.2) is 10.4 Å². The summed E-state index contributed by atoms with van der Waals surface area (Å²) in [6, 6.07) is -0.173. The summed E-state index contributed by atoms with van der Waals surface area (Å²) in [5.74, 6) is 0.0407. The van der Waals surface area contributed by atoms with E-state index in [1.807, 2.05) is 18.9 Å². The lowest BCUT2D eigenvalue weighted by atomic mass is 10.3. The zero-order valence-corrected chi connectivity index (χ0v) is 8.88. The van der Waals surface area contributed by atoms with Gasteiger partial charge >= 0.3 is 0 Å². The molecule has 0 saturated carbocycles. The molecule has 2 N–H and O–H groups in total. The van der Waals surface area contributed by atoms with Gasteiger partial charge in [0, 0.05) is 19.6 Å². The number of rotatable bonds is 4. The Morgan fingerprint density at radius 2 is 2.14 bits per heavy atom. The SMILES string of the molecule is CCNC(=O)C(C)NN1CCOCC1. The molecule has 1 unspecified atom stereocenters. The standard InChI is InChI=1S/C9H19N3O2/c1-3-10-9(13)8(2)11-12-4-6-14-7-5-12/h8,11H,3-7H2,1-2H3,(H,10,13). The number of hydrogen-bond donors (Lipinski definition) is 2. The number of morpholine rings is 1. The molecule has 0 radical (unpaired) electrons. The second-order valence-electron chi connectivity index (χ2n) is 3.34. The van der Waals surface area contributed by atoms with Gasteiger partial charge in [0.25, 0.3) is 0 Å². The second-order valence-corrected chi connectivity index (χ2v) is 3.34. The van der Waals surface area contributed by atoms with Crippen LogP contribution in [0.3, 0.4) is 0 Å². The van der Waals surface area contributed by atoms with Crippen LogP contribution >= 0.6 is 0 Å². The summed E-state index contributed by atoms with van der Waals surface area (Å²) in [5, 5.41) is 4.81. The van der Waals surface area contributed by atoms with E-state index in [1.165, 1.54) is 0 Å². The summed E-state index contributed by atoms with van der Waals surface area (Å²) in [7, 11) is 0. The molecule has 1 saturated heterocycles. The summed E-state index contributed by atoms with van der Waals surface area (Å²) in [6.45, 7) is 7.59. The minimum absolute atomic E-state index is 0.0407. The quantitative estimate of drug-likeness (QED) is 0.634. The van der Waals surface area contributed by atoms with Crippen molar-refractivity contribution in [2.75, 3.05) is 32.8 Å². The minimum atomic E-state index is -0.173. The van der Waals surface area contributed by atoms with Crippen LogP contribution in [0.25, 0.3) is 0 Å². The number of carbonyl (C=O) groups is 1. The van der Waals surface area contributed by atoms with E-state index in [2.05, 4.69) is 10.7 Å². The molecule has 0 aromatic carbocycles. The predicted molar refractivity (Wildman–Crippen MR) is 53.7 cm³/mol. The van der Waals surface area contributed by atoms with Crippen LogP contribution in [0.4, 0.5) is 0 Å². The van der Waals surface area contributed by atoms with E-state index >= 15 is 0 Å². The van der Waals surface area contributed by atoms with Crippen molar-refractivity contribution in [1.29, 1.82) is 0 Å². The van der Waals surface area contributed by atoms with Gasteiger partial charge in [0.05, 0.1) is 19.3 Å². The van der Waals surface area contributed by atoms with E-state index in [0.717, 1.165) is 26.3 Å². The number of ether oxygens (including phenoxy) is 1. The number of carbonyl (C=O) groups excluding carboxylic acids is 1. The van der Waals surface area contributed by atoms with E-state index in [4.69, 9.17) is 4.74 Å². The van der Waals surface area contributed by atoms with Crippen molar-refractivity contribution in [2.24, 2.45) is 0 Å². The molecule has 0 aromatic rings. The Hall–Kier alpha value is -0.650. The number of nitrogens with one attached hydrogen (secondary N) is 2. The Morgan fingerprint density at radius 1 is 1.50 bits per heavy atom. The summed E-state index contributed by atoms with van der Waals surface area (Å²) in [5.41, 5.74) is 3.14. The highest BCUT2D eigenvalue weighted by molar-refractivity contribution is 5.81. The van der Waals surface area contributed by atoms with Crippen LogP contribution in [-0.2, 0) is 9.53 Å². The Labute approximate surface area is 84.8 Å². The fourth-order valence-electron chi connectivity index (χ4n) is 1.35. The van der Waals surface area contributed by atoms with Gasteiger partial charge in [0.1, 0.15) is 0 Å². The topological polar surface area (TPSA) is 53.6 Å². The fourth-order valence-corrected chi connectivity index (χ4v) is 1.35. The zero-order valence-electron chi connectivity index (χ0n) is 8.88. The molecule has 0 aliphatic carbocycles. The molecule has 1 fully saturated rings. The maximum Gasteiger partial charge on any atom is 0.238 e. The van der Waals surface area contributed by atoms with Crippen LogP contribution in [0.2, 0.25) is 0 Å². The average Bonchev–Trinajstić information content (AvgIpc) is 2.19. The first kappa shape index (κ1) is 11.4. The molecule has 0 spiro atoms. The number of nitrogens with zero attached hydrogens (tertiary/aromatic N) is 1. The monoisotopic (exact) mass is 201 g/mol. The van der Waals surface area contributed by atoms with Crippen molar-refractivity contribution in [3.63, 3.8) is 0 Å². The number of hydrogen-bond acceptors (Lipinski definition) is 4. The third-order valence-electron chi connectivity index (χ3n) is 2.13. The van der Waals surface area contributed by atoms with Crippen LogP contribution in [0, 0.1) is 0 Å². The Bertz CT molecular complexity index is 181. The lowest BCUT2D eigenvalue weighted by Gasteiger charge is -2.29. The summed E-state index contributed by atoms with van der Waals surface area (Å²) in [4.78, 5) is 11.4. The highest BCUT2D eigenvalue weighted by atomic mass is 16.5. The van der Waals surface area contributed by atoms with Gasteiger partial charge in [0.15, 0.2) is 0 Å². The molecular formula is C9H19N3O2. The van der Waals surface area contributed by atoms with Crippen molar-refractivity contribution < 1.29 is 9.53 Å². The first-order valence-electron chi connectivity index (χ1n) is 5.10. The molecule has 1 amide bonds. The first-order valence-corrected chi connectivity index (χ1v) is 5.10. The largest absolute Gasteiger partial charge is 0.379 e. The lowest BCUT2D eigenvalue weighted by Crippen LogP contribution is -2.53. The van der Waals surface area contributed by atoms with Crippen molar-refractivity contribution in [3.8, 4) is 0 Å². The molecule has 14 heavy (non-hydrogen) atoms. The third-order valence-corrected chi connectivity index (χ3v) is 2.13. The van der Waals surface area contributed by atoms with Gasteiger partial charge in [-0.1, -0.05) is 0 Å². The van der Waals surface area contributed by atoms with Gasteiger partial charge in [-0.2, -0.15) is 0 Å². The summed E-state index contributed by atoms with van der Waals surface area (Å²) >= 11 is 0. The highest BCUT2D eigenvalue weighted by Crippen LogP contribution is 1.94. The van der Waals surface area contributed by atoms with Crippen LogP contribution in [-0.4, -0.2) is 49.8 Å². The molecule has 1 aliphatic heterocycles. The van der Waals surface area contributed by atoms with Gasteiger partial charge in [-0.15, -0.1) is 0 Å². The molecule has 1 aliphatic rings. The van der Waals surface area contributed by atoms with Crippen LogP contribution in [0.5, 0.6) is 0 Å². The predicted octanol–water partition coefficient (Wildman–Crippen LogP) is -0.652. The molecular weight excluding hydrogens is 182 g/mol. The fraction of sp³-hybridized carbons (Fsp3) is 0.889. The molecule has 0 bridgehead atoms. The lowest BCUT2D eigenvalue weighted by molar-refractivity contribution is -0.124. The van der Waals surface area contributed by atoms with Gasteiger partial charge in [-0.3, -0.25) is 4.79 Å². The Kier molecular flexibility index (Phi) is 4.86. The Morgan fingerprint density at radius 3 is 2.71 bits per heavy atom. The van der Waals surface area contributed by atoms with Crippen molar-refractivity contribution >= 4 is 5.91 Å². The first-order chi connectivity index (χ1) is 6.74. The molecule has 5 heteroatoms. The van der Waals surface area contributed by atoms with Crippen molar-refractivity contribution in [3.05, 3.63) is 0 Å². The third kappa shape index (κ3) is 3.61. The highest BCUT2D eigenvalue weighted by Gasteiger charge is 2.16. The maximum atomic E-state index is 11.4. The van der Waals surface area contributed by atoms with Crippen molar-refractivity contribution in [1.82, 2.24) is 15.8 Å². The van der Waals surface area contributed by atoms with Gasteiger partial charge < -0.3 is 10.1 Å². The van der Waals surface area contributed by atoms with Crippen LogP contribution in [0.15, 0.2) is 0 Å². The van der Waals surface area contributed by atoms with E-state index in [-0.39, 0.29) is 11.9 Å². The van der Waals surface area contributed by atoms with E-state index in [1.54, 1.807) is 0 Å². The molecule has 5 nitrogen and oxygen atoms in total. The second kappa shape index (κ2) is 5.95.